The van der Waals surface area contributed by atoms with Crippen molar-refractivity contribution in [2.24, 2.45) is 0 Å². The summed E-state index contributed by atoms with van der Waals surface area (Å²) in [6.45, 7) is 4.99. The van der Waals surface area contributed by atoms with Crippen LogP contribution in [-0.2, 0) is 6.54 Å². The van der Waals surface area contributed by atoms with Gasteiger partial charge < -0.3 is 19.8 Å². The van der Waals surface area contributed by atoms with E-state index in [1.165, 1.54) is 0 Å². The second-order valence-corrected chi connectivity index (χ2v) is 5.85. The highest BCUT2D eigenvalue weighted by atomic mass is 16.7. The summed E-state index contributed by atoms with van der Waals surface area (Å²) in [5.74, 6) is 3.70. The zero-order chi connectivity index (χ0) is 16.0. The van der Waals surface area contributed by atoms with Gasteiger partial charge in [-0.2, -0.15) is 0 Å². The molecule has 3 aliphatic rings. The zero-order valence-electron chi connectivity index (χ0n) is 13.0. The van der Waals surface area contributed by atoms with E-state index >= 15 is 0 Å². The molecule has 0 saturated carbocycles. The molecule has 7 heteroatoms. The highest BCUT2D eigenvalue weighted by Crippen LogP contribution is 2.33. The maximum absolute atomic E-state index is 5.94. The molecule has 1 aromatic rings. The molecule has 0 saturated heterocycles. The number of anilines is 1. The Morgan fingerprint density at radius 2 is 2.04 bits per heavy atom. The van der Waals surface area contributed by atoms with Crippen LogP contribution in [0.3, 0.4) is 0 Å². The molecule has 0 radical (unpaired) electrons. The van der Waals surface area contributed by atoms with Gasteiger partial charge in [-0.05, 0) is 17.7 Å². The van der Waals surface area contributed by atoms with Crippen LogP contribution in [0.25, 0.3) is 11.5 Å². The Morgan fingerprint density at radius 1 is 1.22 bits per heavy atom. The maximum atomic E-state index is 5.94. The van der Waals surface area contributed by atoms with Gasteiger partial charge in [-0.25, -0.2) is 15.0 Å². The second kappa shape index (κ2) is 5.12. The van der Waals surface area contributed by atoms with Crippen LogP contribution in [0.4, 0.5) is 5.82 Å². The van der Waals surface area contributed by atoms with Crippen molar-refractivity contribution < 1.29 is 9.47 Å². The average Bonchev–Trinajstić information content (AvgIpc) is 3.16. The largest absolute Gasteiger partial charge is 0.454 e. The molecule has 0 amide bonds. The van der Waals surface area contributed by atoms with E-state index in [1.807, 2.05) is 22.8 Å². The van der Waals surface area contributed by atoms with Crippen LogP contribution >= 0.6 is 0 Å². The summed E-state index contributed by atoms with van der Waals surface area (Å²) in [4.78, 5) is 13.4. The lowest BCUT2D eigenvalue weighted by atomic mass is 10.2. The molecule has 118 valence electrons. The Morgan fingerprint density at radius 3 is 2.87 bits per heavy atom. The van der Waals surface area contributed by atoms with E-state index in [4.69, 9.17) is 15.2 Å². The molecular weight excluding hydrogens is 294 g/mol. The Hall–Kier alpha value is -2.83. The summed E-state index contributed by atoms with van der Waals surface area (Å²) >= 11 is 0. The molecule has 1 aromatic carbocycles. The number of ether oxygens (including phenoxy) is 2. The van der Waals surface area contributed by atoms with E-state index in [0.717, 1.165) is 28.7 Å². The predicted octanol–water partition coefficient (Wildman–Crippen LogP) is 2.26. The van der Waals surface area contributed by atoms with Crippen LogP contribution in [0.15, 0.2) is 24.5 Å². The smallest absolute Gasteiger partial charge is 0.231 e. The summed E-state index contributed by atoms with van der Waals surface area (Å²) in [5, 5.41) is 0. The maximum Gasteiger partial charge on any atom is 0.231 e. The molecule has 0 fully saturated rings. The normalized spacial score (nSPS) is 13.2. The number of hydrogen-bond acceptors (Lipinski definition) is 6. The molecule has 0 aromatic heterocycles. The van der Waals surface area contributed by atoms with Gasteiger partial charge in [0.25, 0.3) is 0 Å². The van der Waals surface area contributed by atoms with Gasteiger partial charge in [-0.15, -0.1) is 0 Å². The molecule has 0 bridgehead atoms. The van der Waals surface area contributed by atoms with E-state index in [0.29, 0.717) is 18.1 Å². The monoisotopic (exact) mass is 311 g/mol. The van der Waals surface area contributed by atoms with Crippen molar-refractivity contribution in [2.75, 3.05) is 12.5 Å². The summed E-state index contributed by atoms with van der Waals surface area (Å²) in [5.41, 5.74) is 7.66. The number of benzene rings is 1. The number of hydrogen-bond donors (Lipinski definition) is 1. The lowest BCUT2D eigenvalue weighted by Gasteiger charge is -2.11. The van der Waals surface area contributed by atoms with Crippen LogP contribution in [0.1, 0.15) is 31.2 Å². The molecule has 3 aliphatic heterocycles. The van der Waals surface area contributed by atoms with Gasteiger partial charge in [0.1, 0.15) is 5.82 Å². The van der Waals surface area contributed by atoms with Gasteiger partial charge >= 0.3 is 0 Å². The Labute approximate surface area is 133 Å². The SMILES string of the molecule is CC(C)c1nc2c(N)ncn(Cc3ccc4c(c3)OCO4)c-2n1. The second-order valence-electron chi connectivity index (χ2n) is 5.85. The molecule has 3 heterocycles. The molecule has 23 heavy (non-hydrogen) atoms. The first-order valence-electron chi connectivity index (χ1n) is 7.48. The van der Waals surface area contributed by atoms with Gasteiger partial charge in [-0.3, -0.25) is 0 Å². The van der Waals surface area contributed by atoms with Gasteiger partial charge in [-0.1, -0.05) is 19.9 Å². The molecule has 0 spiro atoms. The summed E-state index contributed by atoms with van der Waals surface area (Å²) in [7, 11) is 0. The minimum atomic E-state index is 0.237. The highest BCUT2D eigenvalue weighted by Gasteiger charge is 2.20. The van der Waals surface area contributed by atoms with Gasteiger partial charge in [0.05, 0.1) is 12.9 Å². The third kappa shape index (κ3) is 2.34. The molecule has 4 rings (SSSR count). The van der Waals surface area contributed by atoms with Gasteiger partial charge in [0, 0.05) is 5.92 Å². The minimum absolute atomic E-state index is 0.237. The van der Waals surface area contributed by atoms with Crippen LogP contribution in [0.2, 0.25) is 0 Å². The van der Waals surface area contributed by atoms with Gasteiger partial charge in [0.2, 0.25) is 6.79 Å². The van der Waals surface area contributed by atoms with Crippen molar-refractivity contribution in [2.45, 2.75) is 26.3 Å². The quantitative estimate of drug-likeness (QED) is 0.798. The molecule has 0 atom stereocenters. The van der Waals surface area contributed by atoms with Crippen LogP contribution in [0.5, 0.6) is 11.5 Å². The third-order valence-corrected chi connectivity index (χ3v) is 3.82. The zero-order valence-corrected chi connectivity index (χ0v) is 13.0. The predicted molar refractivity (Wildman–Crippen MR) is 84.6 cm³/mol. The van der Waals surface area contributed by atoms with Gasteiger partial charge in [0.15, 0.2) is 28.8 Å². The number of nitrogens with two attached hydrogens (primary N) is 1. The van der Waals surface area contributed by atoms with Crippen LogP contribution in [-0.4, -0.2) is 26.3 Å². The van der Waals surface area contributed by atoms with Crippen molar-refractivity contribution in [1.29, 1.82) is 0 Å². The van der Waals surface area contributed by atoms with E-state index in [9.17, 15) is 0 Å². The Bertz CT molecular complexity index is 843. The average molecular weight is 311 g/mol. The van der Waals surface area contributed by atoms with E-state index < -0.39 is 0 Å². The fourth-order valence-electron chi connectivity index (χ4n) is 2.58. The number of rotatable bonds is 3. The van der Waals surface area contributed by atoms with Crippen molar-refractivity contribution in [3.8, 4) is 23.0 Å². The Balaban J connectivity index is 1.73. The van der Waals surface area contributed by atoms with Crippen molar-refractivity contribution >= 4 is 5.82 Å². The number of nitrogen functional groups attached to an aromatic ring is 1. The molecule has 0 aliphatic carbocycles. The first-order valence-corrected chi connectivity index (χ1v) is 7.48. The number of fused-ring (bicyclic) bond motifs is 2. The van der Waals surface area contributed by atoms with Crippen molar-refractivity contribution in [3.05, 3.63) is 35.9 Å². The topological polar surface area (TPSA) is 88.1 Å². The van der Waals surface area contributed by atoms with E-state index in [1.54, 1.807) is 6.33 Å². The fourth-order valence-corrected chi connectivity index (χ4v) is 2.58. The summed E-state index contributed by atoms with van der Waals surface area (Å²) < 4.78 is 12.7. The van der Waals surface area contributed by atoms with Crippen LogP contribution in [0, 0.1) is 0 Å². The minimum Gasteiger partial charge on any atom is -0.454 e. The first kappa shape index (κ1) is 13.8. The lowest BCUT2D eigenvalue weighted by Crippen LogP contribution is -2.09. The first-order chi connectivity index (χ1) is 11.1. The van der Waals surface area contributed by atoms with E-state index in [-0.39, 0.29) is 12.7 Å². The molecule has 2 N–H and O–H groups in total. The lowest BCUT2D eigenvalue weighted by molar-refractivity contribution is 0.174. The standard InChI is InChI=1S/C16H17N5O2/c1-9(2)15-19-13-14(17)18-7-21(16(13)20-15)6-10-3-4-11-12(5-10)23-8-22-11/h3-5,7,9H,6,8,17H2,1-2H3. The van der Waals surface area contributed by atoms with Crippen molar-refractivity contribution in [3.63, 3.8) is 0 Å². The van der Waals surface area contributed by atoms with E-state index in [2.05, 4.69) is 28.8 Å². The Kier molecular flexibility index (Phi) is 3.07. The van der Waals surface area contributed by atoms with Crippen molar-refractivity contribution in [1.82, 2.24) is 19.5 Å². The fraction of sp³-hybridized carbons (Fsp3) is 0.312. The van der Waals surface area contributed by atoms with Crippen LogP contribution < -0.4 is 15.2 Å². The number of imidazole rings is 1. The number of nitrogens with zero attached hydrogens (tertiary/aromatic N) is 4. The highest BCUT2D eigenvalue weighted by molar-refractivity contribution is 5.65. The number of aromatic nitrogens is 4. The third-order valence-electron chi connectivity index (χ3n) is 3.82. The molecule has 7 nitrogen and oxygen atoms in total. The molecule has 0 unspecified atom stereocenters. The summed E-state index contributed by atoms with van der Waals surface area (Å²) in [6.07, 6.45) is 1.70. The molecular formula is C16H17N5O2. The summed E-state index contributed by atoms with van der Waals surface area (Å²) in [6, 6.07) is 5.88.